The van der Waals surface area contributed by atoms with Crippen molar-refractivity contribution in [2.24, 2.45) is 0 Å². The summed E-state index contributed by atoms with van der Waals surface area (Å²) < 4.78 is 35.0. The van der Waals surface area contributed by atoms with E-state index >= 15 is 0 Å². The van der Waals surface area contributed by atoms with Gasteiger partial charge in [-0.05, 0) is 208 Å². The van der Waals surface area contributed by atoms with E-state index < -0.39 is 46.3 Å². The Balaban J connectivity index is 0.000000511. The van der Waals surface area contributed by atoms with Gasteiger partial charge in [-0.2, -0.15) is 0 Å². The number of rotatable bonds is 24. The van der Waals surface area contributed by atoms with Crippen molar-refractivity contribution < 1.29 is 47.6 Å². The van der Waals surface area contributed by atoms with E-state index in [9.17, 15) is 19.2 Å². The molecular weight excluding hydrogens is 1240 g/mol. The van der Waals surface area contributed by atoms with E-state index in [-0.39, 0.29) is 11.1 Å². The highest BCUT2D eigenvalue weighted by molar-refractivity contribution is 9.11. The van der Waals surface area contributed by atoms with Gasteiger partial charge in [-0.3, -0.25) is 0 Å². The molecule has 0 fully saturated rings. The number of hydrogen-bond donors (Lipinski definition) is 0. The van der Waals surface area contributed by atoms with Gasteiger partial charge in [0.15, 0.2) is 0 Å². The van der Waals surface area contributed by atoms with Gasteiger partial charge < -0.3 is 28.4 Å². The molecule has 4 aromatic carbocycles. The smallest absolute Gasteiger partial charge is 0.339 e. The van der Waals surface area contributed by atoms with Gasteiger partial charge in [-0.1, -0.05) is 139 Å². The molecule has 0 spiro atoms. The number of aryl methyl sites for hydroxylation is 2. The summed E-state index contributed by atoms with van der Waals surface area (Å²) in [5, 5.41) is 0. The van der Waals surface area contributed by atoms with Crippen molar-refractivity contribution in [1.29, 1.82) is 0 Å². The molecular formula is C77H98Br2O10. The van der Waals surface area contributed by atoms with Crippen LogP contribution in [0.1, 0.15) is 293 Å². The lowest BCUT2D eigenvalue weighted by molar-refractivity contribution is 0.00501. The summed E-state index contributed by atoms with van der Waals surface area (Å²) in [6.45, 7) is 32.8. The molecule has 0 unspecified atom stereocenters. The highest BCUT2D eigenvalue weighted by atomic mass is 79.9. The van der Waals surface area contributed by atoms with Gasteiger partial charge in [-0.15, -0.1) is 25.2 Å². The molecule has 0 aliphatic rings. The third-order valence-electron chi connectivity index (χ3n) is 12.9. The Morgan fingerprint density at radius 3 is 1.00 bits per heavy atom. The molecule has 0 amide bonds. The molecule has 480 valence electrons. The molecule has 4 rings (SSSR count). The normalized spacial score (nSPS) is 11.0. The van der Waals surface area contributed by atoms with Crippen LogP contribution in [0.2, 0.25) is 0 Å². The zero-order chi connectivity index (χ0) is 67.1. The van der Waals surface area contributed by atoms with Gasteiger partial charge in [0.05, 0.1) is 46.6 Å². The van der Waals surface area contributed by atoms with Crippen molar-refractivity contribution >= 4 is 55.7 Å². The number of carbonyl (C=O) groups excluding carboxylic acids is 4. The van der Waals surface area contributed by atoms with Crippen molar-refractivity contribution in [2.45, 2.75) is 243 Å². The maximum absolute atomic E-state index is 13.4. The van der Waals surface area contributed by atoms with E-state index in [1.54, 1.807) is 114 Å². The Labute approximate surface area is 552 Å². The van der Waals surface area contributed by atoms with Gasteiger partial charge in [0.2, 0.25) is 0 Å². The predicted molar refractivity (Wildman–Crippen MR) is 370 cm³/mol. The van der Waals surface area contributed by atoms with Crippen LogP contribution < -0.4 is 9.47 Å². The summed E-state index contributed by atoms with van der Waals surface area (Å²) in [6.07, 6.45) is 36.7. The Hall–Kier alpha value is -6.88. The number of terminal acetylenes is 3. The minimum absolute atomic E-state index is 0.209. The largest absolute Gasteiger partial charge is 0.492 e. The van der Waals surface area contributed by atoms with Crippen LogP contribution in [0.25, 0.3) is 0 Å². The molecule has 0 heterocycles. The summed E-state index contributed by atoms with van der Waals surface area (Å²) >= 11 is 6.62. The van der Waals surface area contributed by atoms with Crippen molar-refractivity contribution in [2.75, 3.05) is 13.2 Å². The summed E-state index contributed by atoms with van der Waals surface area (Å²) in [7, 11) is 0. The second-order valence-electron chi connectivity index (χ2n) is 25.8. The first kappa shape index (κ1) is 78.2. The summed E-state index contributed by atoms with van der Waals surface area (Å²) in [6, 6.07) is 13.8. The van der Waals surface area contributed by atoms with E-state index in [1.165, 1.54) is 83.5 Å². The van der Waals surface area contributed by atoms with Crippen LogP contribution in [0.3, 0.4) is 0 Å². The van der Waals surface area contributed by atoms with Crippen LogP contribution >= 0.6 is 31.9 Å². The average molecular weight is 1340 g/mol. The molecule has 10 nitrogen and oxygen atoms in total. The number of benzene rings is 4. The molecule has 0 saturated carbocycles. The fourth-order valence-electron chi connectivity index (χ4n) is 8.58. The van der Waals surface area contributed by atoms with E-state index in [0.29, 0.717) is 55.7 Å². The summed E-state index contributed by atoms with van der Waals surface area (Å²) in [5.74, 6) is 19.4. The third-order valence-corrected chi connectivity index (χ3v) is 14.2. The maximum Gasteiger partial charge on any atom is 0.339 e. The number of ether oxygens (including phenoxy) is 6. The lowest BCUT2D eigenvalue weighted by Gasteiger charge is -2.22. The average Bonchev–Trinajstić information content (AvgIpc) is 1.29. The van der Waals surface area contributed by atoms with Gasteiger partial charge in [-0.25, -0.2) is 19.2 Å². The quantitative estimate of drug-likeness (QED) is 0.0290. The van der Waals surface area contributed by atoms with Crippen LogP contribution in [-0.4, -0.2) is 59.5 Å². The van der Waals surface area contributed by atoms with Crippen LogP contribution in [0.5, 0.6) is 11.5 Å². The fourth-order valence-corrected chi connectivity index (χ4v) is 9.59. The van der Waals surface area contributed by atoms with Crippen LogP contribution in [0.15, 0.2) is 57.5 Å². The van der Waals surface area contributed by atoms with Crippen molar-refractivity contribution in [3.8, 4) is 72.2 Å². The predicted octanol–water partition coefficient (Wildman–Crippen LogP) is 19.8. The number of halogens is 2. The zero-order valence-corrected chi connectivity index (χ0v) is 59.6. The molecule has 0 atom stereocenters. The Kier molecular flexibility index (Phi) is 33.9. The fraction of sp³-hybridized carbons (Fsp3) is 0.506. The number of hydrogen-bond acceptors (Lipinski definition) is 10. The van der Waals surface area contributed by atoms with Crippen LogP contribution in [0, 0.1) is 74.6 Å². The van der Waals surface area contributed by atoms with Crippen LogP contribution in [0.4, 0.5) is 0 Å². The topological polar surface area (TPSA) is 124 Å². The lowest BCUT2D eigenvalue weighted by Crippen LogP contribution is -2.26. The number of esters is 4. The number of unbranched alkanes of at least 4 members (excludes halogenated alkanes) is 14. The molecule has 12 heteroatoms. The van der Waals surface area contributed by atoms with Crippen molar-refractivity contribution in [3.63, 3.8) is 0 Å². The monoisotopic (exact) mass is 1340 g/mol. The molecule has 0 aliphatic carbocycles. The highest BCUT2D eigenvalue weighted by Gasteiger charge is 2.28. The highest BCUT2D eigenvalue weighted by Crippen LogP contribution is 2.31. The molecule has 0 N–H and O–H groups in total. The van der Waals surface area contributed by atoms with Gasteiger partial charge in [0.25, 0.3) is 0 Å². The second kappa shape index (κ2) is 38.6. The standard InChI is InChI=1S/C40H50O5.C21H28O.C16H20Br2O4/c1-11-14-15-16-17-18-19-20-24-43-36-28-30(13-3)29(4)25-33(36)23-22-32-27-34(37(41)44-39(5,6)7)31(21-12-2)26-35(32)38(42)45-40(8,9)10;1-5-8-9-10-11-12-13-14-15-22-21-17-19(6-2)18(4)16-20(21)7-3;1-15(2,3)21-13(19)9-7-12(18)10(8-11(9)17)14(20)22-16(4,5)6/h3,25-28H,11,14-20,24H2,1-2,4-10H3;2-3,16-17H,5,8-15H2,1,4H3;7-8H,1-6H3. The van der Waals surface area contributed by atoms with E-state index in [1.807, 2.05) is 38.1 Å². The Morgan fingerprint density at radius 2 is 0.674 bits per heavy atom. The Bertz CT molecular complexity index is 3220. The lowest BCUT2D eigenvalue weighted by atomic mass is 9.97. The molecule has 0 radical (unpaired) electrons. The summed E-state index contributed by atoms with van der Waals surface area (Å²) in [4.78, 5) is 50.9. The molecule has 0 aliphatic heterocycles. The maximum atomic E-state index is 13.4. The van der Waals surface area contributed by atoms with Crippen LogP contribution in [-0.2, 0) is 18.9 Å². The first-order chi connectivity index (χ1) is 41.7. The van der Waals surface area contributed by atoms with Gasteiger partial charge in [0, 0.05) is 31.2 Å². The van der Waals surface area contributed by atoms with Crippen molar-refractivity contribution in [3.05, 3.63) is 124 Å². The van der Waals surface area contributed by atoms with E-state index in [0.717, 1.165) is 52.8 Å². The molecule has 4 aromatic rings. The van der Waals surface area contributed by atoms with Gasteiger partial charge in [0.1, 0.15) is 33.9 Å². The third kappa shape index (κ3) is 30.5. The molecule has 0 bridgehead atoms. The SMILES string of the molecule is C#Cc1cc(OCCCCCCCCCC)c(C#C)cc1C.C#Cc1cc(OCCCCCCCCCC)c(C#Cc2cc(C(=O)OC(C)(C)C)c(C#CC)cc2C(=O)OC(C)(C)C)cc1C.CC(C)(C)OC(=O)c1cc(Br)c(C(=O)OC(C)(C)C)cc1Br. The van der Waals surface area contributed by atoms with E-state index in [2.05, 4.69) is 87.2 Å². The number of carbonyl (C=O) groups is 4. The minimum atomic E-state index is -0.735. The Morgan fingerprint density at radius 1 is 0.382 bits per heavy atom. The van der Waals surface area contributed by atoms with E-state index in [4.69, 9.17) is 47.7 Å². The molecule has 0 saturated heterocycles. The zero-order valence-electron chi connectivity index (χ0n) is 56.4. The first-order valence-electron chi connectivity index (χ1n) is 31.2. The molecule has 89 heavy (non-hydrogen) atoms. The first-order valence-corrected chi connectivity index (χ1v) is 32.8. The van der Waals surface area contributed by atoms with Crippen molar-refractivity contribution in [1.82, 2.24) is 0 Å². The van der Waals surface area contributed by atoms with Gasteiger partial charge >= 0.3 is 23.9 Å². The summed E-state index contributed by atoms with van der Waals surface area (Å²) in [5.41, 5.74) is 4.08. The molecule has 0 aromatic heterocycles. The second-order valence-corrected chi connectivity index (χ2v) is 27.5. The minimum Gasteiger partial charge on any atom is -0.492 e.